The standard InChI is InChI=1S/C25H31N3O4.C4H10/c1-4-5-6-7-8-9-10-19-18-12-11-17(24(29)31-2)15-22(18)27-23(19)20-16-26-14-13-21(20)28-25(30)32-3;1-4(2)3/h11-16,27H,4-10H2,1-3H3,(H,26,28,30);4H,1-3H3. The Bertz CT molecular complexity index is 1120. The first-order valence-electron chi connectivity index (χ1n) is 12.8. The van der Waals surface area contributed by atoms with Crippen molar-refractivity contribution in [3.05, 3.63) is 47.8 Å². The van der Waals surface area contributed by atoms with E-state index in [1.54, 1.807) is 30.6 Å². The molecule has 3 aromatic rings. The molecular formula is C29H41N3O4. The summed E-state index contributed by atoms with van der Waals surface area (Å²) in [5, 5.41) is 3.81. The highest BCUT2D eigenvalue weighted by molar-refractivity contribution is 5.99. The van der Waals surface area contributed by atoms with Crippen LogP contribution in [0.15, 0.2) is 36.7 Å². The number of benzene rings is 1. The zero-order chi connectivity index (χ0) is 26.5. The normalized spacial score (nSPS) is 10.6. The van der Waals surface area contributed by atoms with Crippen molar-refractivity contribution < 1.29 is 19.1 Å². The summed E-state index contributed by atoms with van der Waals surface area (Å²) in [6.07, 6.45) is 10.9. The number of nitrogens with zero attached hydrogens (tertiary/aromatic N) is 1. The van der Waals surface area contributed by atoms with E-state index in [-0.39, 0.29) is 5.97 Å². The number of esters is 1. The predicted molar refractivity (Wildman–Crippen MR) is 146 cm³/mol. The van der Waals surface area contributed by atoms with Gasteiger partial charge in [-0.3, -0.25) is 10.3 Å². The molecule has 0 atom stereocenters. The van der Waals surface area contributed by atoms with Crippen LogP contribution in [0.1, 0.15) is 82.1 Å². The van der Waals surface area contributed by atoms with Gasteiger partial charge in [-0.05, 0) is 42.5 Å². The van der Waals surface area contributed by atoms with E-state index in [0.717, 1.165) is 52.9 Å². The van der Waals surface area contributed by atoms with Crippen LogP contribution in [-0.4, -0.2) is 36.3 Å². The smallest absolute Gasteiger partial charge is 0.411 e. The van der Waals surface area contributed by atoms with Gasteiger partial charge < -0.3 is 14.5 Å². The van der Waals surface area contributed by atoms with Gasteiger partial charge in [0.25, 0.3) is 0 Å². The van der Waals surface area contributed by atoms with E-state index < -0.39 is 6.09 Å². The molecule has 0 aliphatic rings. The number of aromatic amines is 1. The Morgan fingerprint density at radius 1 is 1.00 bits per heavy atom. The third-order valence-electron chi connectivity index (χ3n) is 5.62. The van der Waals surface area contributed by atoms with Crippen molar-refractivity contribution in [1.82, 2.24) is 9.97 Å². The zero-order valence-corrected chi connectivity index (χ0v) is 22.6. The molecule has 0 bridgehead atoms. The van der Waals surface area contributed by atoms with E-state index in [1.165, 1.54) is 39.9 Å². The monoisotopic (exact) mass is 495 g/mol. The minimum atomic E-state index is -0.543. The number of aromatic nitrogens is 2. The summed E-state index contributed by atoms with van der Waals surface area (Å²) in [5.74, 6) is 0.454. The van der Waals surface area contributed by atoms with Crippen molar-refractivity contribution in [2.45, 2.75) is 72.6 Å². The number of unbranched alkanes of at least 4 members (excludes halogenated alkanes) is 5. The average Bonchev–Trinajstić information content (AvgIpc) is 3.23. The first kappa shape index (κ1) is 28.9. The Balaban J connectivity index is 0.00000106. The summed E-state index contributed by atoms with van der Waals surface area (Å²) < 4.78 is 9.64. The number of nitrogens with one attached hydrogen (secondary N) is 2. The summed E-state index contributed by atoms with van der Waals surface area (Å²) in [5.41, 5.74) is 4.74. The number of pyridine rings is 1. The largest absolute Gasteiger partial charge is 0.465 e. The molecule has 7 nitrogen and oxygen atoms in total. The van der Waals surface area contributed by atoms with Gasteiger partial charge in [0.15, 0.2) is 0 Å². The number of carbonyl (C=O) groups is 2. The summed E-state index contributed by atoms with van der Waals surface area (Å²) in [4.78, 5) is 31.6. The van der Waals surface area contributed by atoms with Gasteiger partial charge in [0, 0.05) is 28.9 Å². The van der Waals surface area contributed by atoms with Crippen molar-refractivity contribution in [2.75, 3.05) is 19.5 Å². The number of methoxy groups -OCH3 is 2. The van der Waals surface area contributed by atoms with Crippen molar-refractivity contribution >= 4 is 28.7 Å². The summed E-state index contributed by atoms with van der Waals surface area (Å²) in [7, 11) is 2.70. The number of fused-ring (bicyclic) bond motifs is 1. The van der Waals surface area contributed by atoms with Gasteiger partial charge in [0.2, 0.25) is 0 Å². The zero-order valence-electron chi connectivity index (χ0n) is 22.6. The molecule has 1 amide bonds. The van der Waals surface area contributed by atoms with Crippen LogP contribution in [0.3, 0.4) is 0 Å². The Kier molecular flexibility index (Phi) is 12.0. The molecule has 0 radical (unpaired) electrons. The molecule has 196 valence electrons. The van der Waals surface area contributed by atoms with Crippen LogP contribution in [0.25, 0.3) is 22.2 Å². The topological polar surface area (TPSA) is 93.3 Å². The van der Waals surface area contributed by atoms with Gasteiger partial charge in [-0.2, -0.15) is 0 Å². The number of rotatable bonds is 10. The van der Waals surface area contributed by atoms with Gasteiger partial charge >= 0.3 is 12.1 Å². The van der Waals surface area contributed by atoms with Gasteiger partial charge in [-0.15, -0.1) is 0 Å². The molecule has 0 saturated heterocycles. The number of amides is 1. The summed E-state index contributed by atoms with van der Waals surface area (Å²) >= 11 is 0. The number of hydrogen-bond donors (Lipinski definition) is 2. The lowest BCUT2D eigenvalue weighted by atomic mass is 9.98. The summed E-state index contributed by atoms with van der Waals surface area (Å²) in [6, 6.07) is 7.29. The van der Waals surface area contributed by atoms with Crippen molar-refractivity contribution in [3.8, 4) is 11.3 Å². The number of anilines is 1. The van der Waals surface area contributed by atoms with E-state index >= 15 is 0 Å². The SMILES string of the molecule is CC(C)C.CCCCCCCCc1c(-c2cnccc2NC(=O)OC)[nH]c2cc(C(=O)OC)ccc12. The lowest BCUT2D eigenvalue weighted by Crippen LogP contribution is -2.12. The number of aryl methyl sites for hydroxylation is 1. The Morgan fingerprint density at radius 3 is 2.36 bits per heavy atom. The second-order valence-electron chi connectivity index (χ2n) is 9.52. The maximum atomic E-state index is 12.0. The quantitative estimate of drug-likeness (QED) is 0.221. The van der Waals surface area contributed by atoms with Gasteiger partial charge in [0.1, 0.15) is 0 Å². The van der Waals surface area contributed by atoms with E-state index in [1.807, 2.05) is 6.07 Å². The molecule has 3 rings (SSSR count). The molecule has 1 aromatic carbocycles. The van der Waals surface area contributed by atoms with Crippen molar-refractivity contribution in [1.29, 1.82) is 0 Å². The van der Waals surface area contributed by atoms with Crippen LogP contribution in [-0.2, 0) is 15.9 Å². The Morgan fingerprint density at radius 2 is 1.69 bits per heavy atom. The van der Waals surface area contributed by atoms with E-state index in [0.29, 0.717) is 11.3 Å². The van der Waals surface area contributed by atoms with Crippen LogP contribution in [0.2, 0.25) is 0 Å². The van der Waals surface area contributed by atoms with Gasteiger partial charge in [-0.25, -0.2) is 9.59 Å². The lowest BCUT2D eigenvalue weighted by molar-refractivity contribution is 0.0601. The number of hydrogen-bond acceptors (Lipinski definition) is 5. The fraction of sp³-hybridized carbons (Fsp3) is 0.483. The Hall–Kier alpha value is -3.35. The molecule has 36 heavy (non-hydrogen) atoms. The molecule has 2 heterocycles. The molecule has 0 aliphatic carbocycles. The van der Waals surface area contributed by atoms with Crippen LogP contribution in [0, 0.1) is 5.92 Å². The van der Waals surface area contributed by atoms with Crippen molar-refractivity contribution in [3.63, 3.8) is 0 Å². The highest BCUT2D eigenvalue weighted by Crippen LogP contribution is 2.35. The second kappa shape index (κ2) is 14.9. The molecule has 0 fully saturated rings. The third-order valence-corrected chi connectivity index (χ3v) is 5.62. The summed E-state index contributed by atoms with van der Waals surface area (Å²) in [6.45, 7) is 8.72. The highest BCUT2D eigenvalue weighted by atomic mass is 16.5. The maximum Gasteiger partial charge on any atom is 0.411 e. The Labute approximate surface area is 215 Å². The second-order valence-corrected chi connectivity index (χ2v) is 9.52. The van der Waals surface area contributed by atoms with Crippen LogP contribution >= 0.6 is 0 Å². The minimum Gasteiger partial charge on any atom is -0.465 e. The average molecular weight is 496 g/mol. The molecule has 0 spiro atoms. The molecule has 7 heteroatoms. The molecule has 0 aliphatic heterocycles. The van der Waals surface area contributed by atoms with Gasteiger partial charge in [-0.1, -0.05) is 65.9 Å². The fourth-order valence-corrected chi connectivity index (χ4v) is 3.94. The van der Waals surface area contributed by atoms with Crippen LogP contribution in [0.4, 0.5) is 10.5 Å². The van der Waals surface area contributed by atoms with E-state index in [2.05, 4.69) is 43.0 Å². The molecular weight excluding hydrogens is 454 g/mol. The fourth-order valence-electron chi connectivity index (χ4n) is 3.94. The minimum absolute atomic E-state index is 0.380. The number of carbonyl (C=O) groups excluding carboxylic acids is 2. The maximum absolute atomic E-state index is 12.0. The first-order chi connectivity index (χ1) is 17.3. The molecule has 0 unspecified atom stereocenters. The highest BCUT2D eigenvalue weighted by Gasteiger charge is 2.18. The van der Waals surface area contributed by atoms with Crippen molar-refractivity contribution in [2.24, 2.45) is 5.92 Å². The lowest BCUT2D eigenvalue weighted by Gasteiger charge is -2.11. The molecule has 2 N–H and O–H groups in total. The van der Waals surface area contributed by atoms with E-state index in [9.17, 15) is 9.59 Å². The predicted octanol–water partition coefficient (Wildman–Crippen LogP) is 7.76. The van der Waals surface area contributed by atoms with Crippen LogP contribution in [0.5, 0.6) is 0 Å². The number of ether oxygens (including phenoxy) is 2. The van der Waals surface area contributed by atoms with E-state index in [4.69, 9.17) is 9.47 Å². The van der Waals surface area contributed by atoms with Gasteiger partial charge in [0.05, 0.1) is 31.2 Å². The molecule has 0 saturated carbocycles. The van der Waals surface area contributed by atoms with Crippen LogP contribution < -0.4 is 5.32 Å². The number of H-pyrrole nitrogens is 1. The third kappa shape index (κ3) is 8.40. The molecule has 2 aromatic heterocycles. The first-order valence-corrected chi connectivity index (χ1v) is 12.8.